The van der Waals surface area contributed by atoms with Crippen LogP contribution in [0.3, 0.4) is 0 Å². The molecule has 1 aromatic carbocycles. The molecule has 1 aliphatic rings. The van der Waals surface area contributed by atoms with Gasteiger partial charge in [-0.15, -0.1) is 11.3 Å². The highest BCUT2D eigenvalue weighted by atomic mass is 32.1. The third-order valence-electron chi connectivity index (χ3n) is 4.67. The highest BCUT2D eigenvalue weighted by Crippen LogP contribution is 2.30. The van der Waals surface area contributed by atoms with Crippen LogP contribution in [-0.4, -0.2) is 35.1 Å². The zero-order chi connectivity index (χ0) is 17.8. The maximum absolute atomic E-state index is 12.2. The number of anilines is 2. The molecule has 6 nitrogen and oxygen atoms in total. The van der Waals surface area contributed by atoms with Crippen molar-refractivity contribution in [3.8, 4) is 0 Å². The molecular formula is C19H21N5OS. The highest BCUT2D eigenvalue weighted by molar-refractivity contribution is 7.16. The number of hydrogen-bond acceptors (Lipinski definition) is 5. The first kappa shape index (κ1) is 16.8. The number of thiophene rings is 1. The van der Waals surface area contributed by atoms with Crippen molar-refractivity contribution in [2.24, 2.45) is 0 Å². The fraction of sp³-hybridized carbons (Fsp3) is 0.316. The summed E-state index contributed by atoms with van der Waals surface area (Å²) in [6.45, 7) is 1.54. The molecule has 1 aliphatic heterocycles. The van der Waals surface area contributed by atoms with Gasteiger partial charge in [-0.05, 0) is 42.8 Å². The Hall–Kier alpha value is -2.67. The Morgan fingerprint density at radius 3 is 2.96 bits per heavy atom. The smallest absolute Gasteiger partial charge is 0.319 e. The quantitative estimate of drug-likeness (QED) is 0.734. The molecule has 2 aromatic heterocycles. The van der Waals surface area contributed by atoms with Gasteiger partial charge in [-0.25, -0.2) is 14.8 Å². The van der Waals surface area contributed by atoms with Gasteiger partial charge in [0, 0.05) is 24.8 Å². The molecule has 1 saturated heterocycles. The molecule has 0 aliphatic carbocycles. The van der Waals surface area contributed by atoms with Gasteiger partial charge in [-0.2, -0.15) is 0 Å². The van der Waals surface area contributed by atoms with Crippen LogP contribution in [0.4, 0.5) is 16.3 Å². The van der Waals surface area contributed by atoms with E-state index in [0.29, 0.717) is 6.54 Å². The van der Waals surface area contributed by atoms with Crippen LogP contribution in [0.25, 0.3) is 10.2 Å². The van der Waals surface area contributed by atoms with Crippen molar-refractivity contribution in [1.82, 2.24) is 15.3 Å². The molecular weight excluding hydrogens is 346 g/mol. The fourth-order valence-corrected chi connectivity index (χ4v) is 4.13. The maximum atomic E-state index is 12.2. The normalized spacial score (nSPS) is 17.2. The zero-order valence-electron chi connectivity index (χ0n) is 14.4. The van der Waals surface area contributed by atoms with Gasteiger partial charge in [0.1, 0.15) is 17.0 Å². The van der Waals surface area contributed by atoms with E-state index < -0.39 is 0 Å². The summed E-state index contributed by atoms with van der Waals surface area (Å²) in [6, 6.07) is 11.6. The molecule has 0 saturated carbocycles. The van der Waals surface area contributed by atoms with E-state index in [9.17, 15) is 4.79 Å². The second kappa shape index (κ2) is 7.70. The number of fused-ring (bicyclic) bond motifs is 1. The number of urea groups is 1. The van der Waals surface area contributed by atoms with E-state index >= 15 is 0 Å². The third kappa shape index (κ3) is 3.62. The monoisotopic (exact) mass is 367 g/mol. The van der Waals surface area contributed by atoms with Crippen LogP contribution < -0.4 is 15.5 Å². The largest absolute Gasteiger partial charge is 0.351 e. The standard InChI is InChI=1S/C19H21N5OS/c25-19(23-14-6-2-1-3-7-14)20-12-15-8-4-5-10-24(15)17-16-9-11-26-18(16)22-13-21-17/h1-3,6-7,9,11,13,15H,4-5,8,10,12H2,(H2,20,23,25). The number of aromatic nitrogens is 2. The van der Waals surface area contributed by atoms with Crippen LogP contribution in [0.2, 0.25) is 0 Å². The van der Waals surface area contributed by atoms with E-state index in [-0.39, 0.29) is 12.1 Å². The number of piperidine rings is 1. The first-order valence-corrected chi connectivity index (χ1v) is 9.74. The summed E-state index contributed by atoms with van der Waals surface area (Å²) < 4.78 is 0. The maximum Gasteiger partial charge on any atom is 0.319 e. The molecule has 0 radical (unpaired) electrons. The lowest BCUT2D eigenvalue weighted by molar-refractivity contribution is 0.250. The molecule has 2 N–H and O–H groups in total. The Labute approximate surface area is 156 Å². The molecule has 3 aromatic rings. The summed E-state index contributed by atoms with van der Waals surface area (Å²) >= 11 is 1.63. The Morgan fingerprint density at radius 1 is 1.19 bits per heavy atom. The Morgan fingerprint density at radius 2 is 2.08 bits per heavy atom. The van der Waals surface area contributed by atoms with Gasteiger partial charge in [0.15, 0.2) is 0 Å². The zero-order valence-corrected chi connectivity index (χ0v) is 15.2. The van der Waals surface area contributed by atoms with Crippen molar-refractivity contribution in [3.63, 3.8) is 0 Å². The van der Waals surface area contributed by atoms with Gasteiger partial charge >= 0.3 is 6.03 Å². The molecule has 134 valence electrons. The molecule has 3 heterocycles. The number of benzene rings is 1. The molecule has 1 atom stereocenters. The number of carbonyl (C=O) groups excluding carboxylic acids is 1. The fourth-order valence-electron chi connectivity index (χ4n) is 3.40. The van der Waals surface area contributed by atoms with Crippen LogP contribution in [0.15, 0.2) is 48.1 Å². The molecule has 0 bridgehead atoms. The van der Waals surface area contributed by atoms with Crippen molar-refractivity contribution >= 4 is 39.1 Å². The van der Waals surface area contributed by atoms with Gasteiger partial charge < -0.3 is 15.5 Å². The van der Waals surface area contributed by atoms with Gasteiger partial charge in [-0.1, -0.05) is 18.2 Å². The van der Waals surface area contributed by atoms with E-state index in [1.165, 1.54) is 6.42 Å². The molecule has 1 unspecified atom stereocenters. The minimum Gasteiger partial charge on any atom is -0.351 e. The van der Waals surface area contributed by atoms with Gasteiger partial charge in [0.05, 0.1) is 5.39 Å². The van der Waals surface area contributed by atoms with Crippen LogP contribution in [0.1, 0.15) is 19.3 Å². The number of rotatable bonds is 4. The minimum atomic E-state index is -0.176. The van der Waals surface area contributed by atoms with E-state index in [0.717, 1.165) is 41.1 Å². The Balaban J connectivity index is 1.44. The van der Waals surface area contributed by atoms with Crippen molar-refractivity contribution in [3.05, 3.63) is 48.1 Å². The summed E-state index contributed by atoms with van der Waals surface area (Å²) in [5.41, 5.74) is 0.793. The number of carbonyl (C=O) groups is 1. The van der Waals surface area contributed by atoms with Crippen molar-refractivity contribution in [2.75, 3.05) is 23.3 Å². The topological polar surface area (TPSA) is 70.2 Å². The summed E-state index contributed by atoms with van der Waals surface area (Å²) in [5.74, 6) is 0.978. The lowest BCUT2D eigenvalue weighted by Crippen LogP contribution is -2.48. The number of amides is 2. The first-order valence-electron chi connectivity index (χ1n) is 8.86. The number of nitrogens with zero attached hydrogens (tertiary/aromatic N) is 3. The number of nitrogens with one attached hydrogen (secondary N) is 2. The van der Waals surface area contributed by atoms with E-state index in [2.05, 4.69) is 31.6 Å². The van der Waals surface area contributed by atoms with Crippen molar-refractivity contribution < 1.29 is 4.79 Å². The summed E-state index contributed by atoms with van der Waals surface area (Å²) in [4.78, 5) is 24.4. The highest BCUT2D eigenvalue weighted by Gasteiger charge is 2.25. The third-order valence-corrected chi connectivity index (χ3v) is 5.49. The summed E-state index contributed by atoms with van der Waals surface area (Å²) in [6.07, 6.45) is 4.99. The molecule has 26 heavy (non-hydrogen) atoms. The molecule has 2 amide bonds. The van der Waals surface area contributed by atoms with Crippen LogP contribution in [0.5, 0.6) is 0 Å². The van der Waals surface area contributed by atoms with Gasteiger partial charge in [-0.3, -0.25) is 0 Å². The Kier molecular flexibility index (Phi) is 4.97. The van der Waals surface area contributed by atoms with E-state index in [4.69, 9.17) is 0 Å². The molecule has 7 heteroatoms. The molecule has 4 rings (SSSR count). The predicted molar refractivity (Wildman–Crippen MR) is 106 cm³/mol. The van der Waals surface area contributed by atoms with E-state index in [1.807, 2.05) is 35.7 Å². The van der Waals surface area contributed by atoms with Crippen molar-refractivity contribution in [1.29, 1.82) is 0 Å². The second-order valence-corrected chi connectivity index (χ2v) is 7.28. The predicted octanol–water partition coefficient (Wildman–Crippen LogP) is 3.87. The lowest BCUT2D eigenvalue weighted by Gasteiger charge is -2.37. The summed E-state index contributed by atoms with van der Waals surface area (Å²) in [5, 5.41) is 9.02. The molecule has 0 spiro atoms. The summed E-state index contributed by atoms with van der Waals surface area (Å²) in [7, 11) is 0. The first-order chi connectivity index (χ1) is 12.8. The SMILES string of the molecule is O=C(NCC1CCCCN1c1ncnc2sccc12)Nc1ccccc1. The average Bonchev–Trinajstić information content (AvgIpc) is 3.16. The van der Waals surface area contributed by atoms with Crippen LogP contribution in [0, 0.1) is 0 Å². The Bertz CT molecular complexity index is 882. The van der Waals surface area contributed by atoms with Crippen molar-refractivity contribution in [2.45, 2.75) is 25.3 Å². The number of para-hydroxylation sites is 1. The lowest BCUT2D eigenvalue weighted by atomic mass is 10.0. The van der Waals surface area contributed by atoms with E-state index in [1.54, 1.807) is 17.7 Å². The van der Waals surface area contributed by atoms with Crippen LogP contribution >= 0.6 is 11.3 Å². The second-order valence-electron chi connectivity index (χ2n) is 6.38. The van der Waals surface area contributed by atoms with Gasteiger partial charge in [0.25, 0.3) is 0 Å². The minimum absolute atomic E-state index is 0.176. The molecule has 1 fully saturated rings. The number of hydrogen-bond donors (Lipinski definition) is 2. The van der Waals surface area contributed by atoms with Crippen LogP contribution in [-0.2, 0) is 0 Å². The van der Waals surface area contributed by atoms with Gasteiger partial charge in [0.2, 0.25) is 0 Å². The average molecular weight is 367 g/mol.